The van der Waals surface area contributed by atoms with Crippen molar-refractivity contribution in [3.05, 3.63) is 59.1 Å². The topological polar surface area (TPSA) is 93.7 Å². The first-order chi connectivity index (χ1) is 13.3. The van der Waals surface area contributed by atoms with Gasteiger partial charge >= 0.3 is 5.97 Å². The minimum absolute atomic E-state index is 0.355. The number of anilines is 1. The van der Waals surface area contributed by atoms with Crippen LogP contribution in [0.25, 0.3) is 0 Å². The molecule has 2 rings (SSSR count). The van der Waals surface area contributed by atoms with E-state index in [4.69, 9.17) is 21.1 Å². The van der Waals surface area contributed by atoms with Gasteiger partial charge in [0.1, 0.15) is 11.8 Å². The number of rotatable bonds is 7. The fourth-order valence-electron chi connectivity index (χ4n) is 2.27. The number of halogens is 1. The highest BCUT2D eigenvalue weighted by molar-refractivity contribution is 6.31. The van der Waals surface area contributed by atoms with Crippen molar-refractivity contribution in [1.82, 2.24) is 5.32 Å². The van der Waals surface area contributed by atoms with E-state index in [9.17, 15) is 14.4 Å². The Morgan fingerprint density at radius 1 is 1.04 bits per heavy atom. The fraction of sp³-hybridized carbons (Fsp3) is 0.250. The molecule has 8 heteroatoms. The summed E-state index contributed by atoms with van der Waals surface area (Å²) in [4.78, 5) is 36.6. The van der Waals surface area contributed by atoms with Crippen molar-refractivity contribution >= 4 is 35.1 Å². The number of amides is 2. The van der Waals surface area contributed by atoms with Crippen molar-refractivity contribution in [3.8, 4) is 5.75 Å². The van der Waals surface area contributed by atoms with Crippen LogP contribution in [-0.4, -0.2) is 37.0 Å². The van der Waals surface area contributed by atoms with E-state index in [0.717, 1.165) is 0 Å². The van der Waals surface area contributed by atoms with Crippen LogP contribution in [0.1, 0.15) is 24.2 Å². The smallest absolute Gasteiger partial charge is 0.329 e. The Morgan fingerprint density at radius 3 is 2.36 bits per heavy atom. The molecule has 0 aromatic heterocycles. The molecule has 0 saturated heterocycles. The zero-order valence-corrected chi connectivity index (χ0v) is 16.4. The number of carbonyl (C=O) groups is 3. The first kappa shape index (κ1) is 21.2. The van der Waals surface area contributed by atoms with E-state index in [2.05, 4.69) is 10.6 Å². The average molecular weight is 405 g/mol. The summed E-state index contributed by atoms with van der Waals surface area (Å²) in [6.07, 6.45) is -1.09. The zero-order valence-electron chi connectivity index (χ0n) is 15.7. The molecule has 148 valence electrons. The molecule has 0 aliphatic heterocycles. The first-order valence-corrected chi connectivity index (χ1v) is 8.90. The minimum atomic E-state index is -1.09. The summed E-state index contributed by atoms with van der Waals surface area (Å²) in [5, 5.41) is 5.55. The molecule has 7 nitrogen and oxygen atoms in total. The molecule has 0 spiro atoms. The highest BCUT2D eigenvalue weighted by Crippen LogP contribution is 2.27. The molecule has 2 aromatic carbocycles. The predicted molar refractivity (Wildman–Crippen MR) is 106 cm³/mol. The van der Waals surface area contributed by atoms with E-state index < -0.39 is 29.9 Å². The summed E-state index contributed by atoms with van der Waals surface area (Å²) >= 11 is 5.93. The Hall–Kier alpha value is -3.06. The third kappa shape index (κ3) is 5.72. The highest BCUT2D eigenvalue weighted by atomic mass is 35.5. The summed E-state index contributed by atoms with van der Waals surface area (Å²) < 4.78 is 10.3. The normalized spacial score (nSPS) is 12.4. The largest absolute Gasteiger partial charge is 0.495 e. The third-order valence-corrected chi connectivity index (χ3v) is 4.05. The fourth-order valence-corrected chi connectivity index (χ4v) is 2.44. The molecule has 2 N–H and O–H groups in total. The maximum atomic E-state index is 12.3. The van der Waals surface area contributed by atoms with Crippen molar-refractivity contribution in [2.75, 3.05) is 12.4 Å². The maximum Gasteiger partial charge on any atom is 0.329 e. The van der Waals surface area contributed by atoms with Gasteiger partial charge in [0.05, 0.1) is 12.8 Å². The number of benzene rings is 2. The number of ether oxygens (including phenoxy) is 2. The second kappa shape index (κ2) is 9.75. The second-order valence-corrected chi connectivity index (χ2v) is 6.41. The van der Waals surface area contributed by atoms with Crippen LogP contribution in [0, 0.1) is 0 Å². The summed E-state index contributed by atoms with van der Waals surface area (Å²) in [7, 11) is 1.46. The van der Waals surface area contributed by atoms with Gasteiger partial charge in [0.25, 0.3) is 11.8 Å². The minimum Gasteiger partial charge on any atom is -0.495 e. The molecule has 2 aromatic rings. The predicted octanol–water partition coefficient (Wildman–Crippen LogP) is 3.04. The van der Waals surface area contributed by atoms with Crippen LogP contribution in [0.5, 0.6) is 5.75 Å². The van der Waals surface area contributed by atoms with Crippen LogP contribution in [0.4, 0.5) is 5.69 Å². The van der Waals surface area contributed by atoms with Crippen molar-refractivity contribution in [3.63, 3.8) is 0 Å². The SMILES string of the molecule is COc1ccc(Cl)cc1NC(=O)[C@H](C)OC(=O)[C@H](C)NC(=O)c1ccccc1. The van der Waals surface area contributed by atoms with Gasteiger partial charge in [-0.25, -0.2) is 4.79 Å². The molecule has 0 saturated carbocycles. The number of carbonyl (C=O) groups excluding carboxylic acids is 3. The van der Waals surface area contributed by atoms with Crippen molar-refractivity contribution in [1.29, 1.82) is 0 Å². The Labute approximate surface area is 168 Å². The monoisotopic (exact) mass is 404 g/mol. The van der Waals surface area contributed by atoms with Gasteiger partial charge in [-0.15, -0.1) is 0 Å². The molecule has 28 heavy (non-hydrogen) atoms. The van der Waals surface area contributed by atoms with Gasteiger partial charge in [-0.2, -0.15) is 0 Å². The lowest BCUT2D eigenvalue weighted by molar-refractivity contribution is -0.154. The molecule has 0 fully saturated rings. The van der Waals surface area contributed by atoms with Crippen LogP contribution in [-0.2, 0) is 14.3 Å². The molecule has 2 atom stereocenters. The Kier molecular flexibility index (Phi) is 7.40. The Morgan fingerprint density at radius 2 is 1.71 bits per heavy atom. The van der Waals surface area contributed by atoms with E-state index in [1.807, 2.05) is 0 Å². The van der Waals surface area contributed by atoms with Gasteiger partial charge in [-0.05, 0) is 44.2 Å². The molecule has 0 unspecified atom stereocenters. The summed E-state index contributed by atoms with van der Waals surface area (Å²) in [6, 6.07) is 12.3. The van der Waals surface area contributed by atoms with Crippen molar-refractivity contribution in [2.45, 2.75) is 26.0 Å². The molecule has 0 bridgehead atoms. The standard InChI is InChI=1S/C20H21ClN2O5/c1-12(22-19(25)14-7-5-4-6-8-14)20(26)28-13(2)18(24)23-16-11-15(21)9-10-17(16)27-3/h4-13H,1-3H3,(H,22,25)(H,23,24)/t12-,13-/m0/s1. The number of methoxy groups -OCH3 is 1. The lowest BCUT2D eigenvalue weighted by atomic mass is 10.2. The molecule has 0 radical (unpaired) electrons. The van der Waals surface area contributed by atoms with E-state index in [1.165, 1.54) is 27.0 Å². The lowest BCUT2D eigenvalue weighted by Crippen LogP contribution is -2.42. The molecule has 0 aliphatic rings. The van der Waals surface area contributed by atoms with E-state index in [-0.39, 0.29) is 0 Å². The van der Waals surface area contributed by atoms with Crippen LogP contribution in [0.2, 0.25) is 5.02 Å². The molecule has 2 amide bonds. The van der Waals surface area contributed by atoms with E-state index >= 15 is 0 Å². The van der Waals surface area contributed by atoms with E-state index in [1.54, 1.807) is 42.5 Å². The number of hydrogen-bond acceptors (Lipinski definition) is 5. The van der Waals surface area contributed by atoms with Crippen LogP contribution in [0.15, 0.2) is 48.5 Å². The van der Waals surface area contributed by atoms with Gasteiger partial charge in [0, 0.05) is 10.6 Å². The van der Waals surface area contributed by atoms with Gasteiger partial charge in [0.15, 0.2) is 6.10 Å². The van der Waals surface area contributed by atoms with Crippen LogP contribution < -0.4 is 15.4 Å². The number of hydrogen-bond donors (Lipinski definition) is 2. The zero-order chi connectivity index (χ0) is 20.7. The molecular weight excluding hydrogens is 384 g/mol. The number of nitrogens with one attached hydrogen (secondary N) is 2. The Balaban J connectivity index is 1.93. The molecular formula is C20H21ClN2O5. The van der Waals surface area contributed by atoms with E-state index in [0.29, 0.717) is 22.0 Å². The Bertz CT molecular complexity index is 857. The van der Waals surface area contributed by atoms with Crippen LogP contribution in [0.3, 0.4) is 0 Å². The third-order valence-electron chi connectivity index (χ3n) is 3.82. The van der Waals surface area contributed by atoms with Gasteiger partial charge < -0.3 is 20.1 Å². The summed E-state index contributed by atoms with van der Waals surface area (Å²) in [6.45, 7) is 2.91. The summed E-state index contributed by atoms with van der Waals surface area (Å²) in [5.74, 6) is -1.29. The van der Waals surface area contributed by atoms with Crippen molar-refractivity contribution < 1.29 is 23.9 Å². The highest BCUT2D eigenvalue weighted by Gasteiger charge is 2.24. The van der Waals surface area contributed by atoms with Gasteiger partial charge in [-0.3, -0.25) is 9.59 Å². The lowest BCUT2D eigenvalue weighted by Gasteiger charge is -2.18. The quantitative estimate of drug-likeness (QED) is 0.692. The van der Waals surface area contributed by atoms with Gasteiger partial charge in [-0.1, -0.05) is 29.8 Å². The van der Waals surface area contributed by atoms with Crippen molar-refractivity contribution in [2.24, 2.45) is 0 Å². The molecule has 0 aliphatic carbocycles. The van der Waals surface area contributed by atoms with Gasteiger partial charge in [0.2, 0.25) is 0 Å². The average Bonchev–Trinajstić information content (AvgIpc) is 2.68. The molecule has 0 heterocycles. The maximum absolute atomic E-state index is 12.3. The second-order valence-electron chi connectivity index (χ2n) is 5.97. The number of esters is 1. The van der Waals surface area contributed by atoms with Crippen LogP contribution >= 0.6 is 11.6 Å². The first-order valence-electron chi connectivity index (χ1n) is 8.52. The summed E-state index contributed by atoms with van der Waals surface area (Å²) in [5.41, 5.74) is 0.773.